The van der Waals surface area contributed by atoms with E-state index in [0.717, 1.165) is 22.4 Å². The third-order valence-electron chi connectivity index (χ3n) is 4.59. The third kappa shape index (κ3) is 6.66. The van der Waals surface area contributed by atoms with E-state index >= 15 is 0 Å². The molecule has 0 fully saturated rings. The van der Waals surface area contributed by atoms with Crippen molar-refractivity contribution in [3.63, 3.8) is 0 Å². The lowest BCUT2D eigenvalue weighted by Gasteiger charge is -2.22. The minimum absolute atomic E-state index is 0.271. The number of methoxy groups -OCH3 is 1. The zero-order valence-corrected chi connectivity index (χ0v) is 18.7. The van der Waals surface area contributed by atoms with Crippen LogP contribution in [0.15, 0.2) is 60.8 Å². The average molecular weight is 437 g/mol. The van der Waals surface area contributed by atoms with Gasteiger partial charge in [0.15, 0.2) is 0 Å². The molecule has 8 nitrogen and oxygen atoms in total. The molecule has 0 aliphatic heterocycles. The molecule has 1 amide bonds. The molecule has 0 spiro atoms. The lowest BCUT2D eigenvalue weighted by Crippen LogP contribution is -2.45. The van der Waals surface area contributed by atoms with Crippen molar-refractivity contribution in [3.8, 4) is 11.3 Å². The summed E-state index contributed by atoms with van der Waals surface area (Å²) in [4.78, 5) is 24.2. The summed E-state index contributed by atoms with van der Waals surface area (Å²) in [5, 5.41) is 11.0. The van der Waals surface area contributed by atoms with Gasteiger partial charge in [-0.2, -0.15) is 0 Å². The van der Waals surface area contributed by atoms with Gasteiger partial charge in [-0.1, -0.05) is 59.8 Å². The van der Waals surface area contributed by atoms with Crippen LogP contribution in [-0.4, -0.2) is 45.8 Å². The van der Waals surface area contributed by atoms with Gasteiger partial charge in [-0.25, -0.2) is 14.3 Å². The quantitative estimate of drug-likeness (QED) is 0.569. The highest BCUT2D eigenvalue weighted by molar-refractivity contribution is 5.81. The Kier molecular flexibility index (Phi) is 7.25. The summed E-state index contributed by atoms with van der Waals surface area (Å²) >= 11 is 0. The van der Waals surface area contributed by atoms with Crippen LogP contribution in [0.5, 0.6) is 0 Å². The van der Waals surface area contributed by atoms with E-state index in [9.17, 15) is 9.59 Å². The second-order valence-corrected chi connectivity index (χ2v) is 8.41. The van der Waals surface area contributed by atoms with Crippen LogP contribution in [0.1, 0.15) is 31.9 Å². The lowest BCUT2D eigenvalue weighted by atomic mass is 10.0. The zero-order chi connectivity index (χ0) is 23.1. The molecule has 0 aliphatic carbocycles. The summed E-state index contributed by atoms with van der Waals surface area (Å²) in [5.41, 5.74) is 3.00. The Morgan fingerprint density at radius 1 is 1.03 bits per heavy atom. The second-order valence-electron chi connectivity index (χ2n) is 8.41. The minimum atomic E-state index is -0.854. The normalized spacial score (nSPS) is 12.1. The van der Waals surface area contributed by atoms with Crippen molar-refractivity contribution in [2.24, 2.45) is 0 Å². The summed E-state index contributed by atoms with van der Waals surface area (Å²) in [6.45, 7) is 5.92. The van der Waals surface area contributed by atoms with Gasteiger partial charge in [0.25, 0.3) is 0 Å². The van der Waals surface area contributed by atoms with Crippen molar-refractivity contribution in [1.29, 1.82) is 0 Å². The number of aromatic nitrogens is 3. The molecule has 0 aliphatic rings. The van der Waals surface area contributed by atoms with Gasteiger partial charge < -0.3 is 14.8 Å². The number of rotatable bonds is 7. The van der Waals surface area contributed by atoms with Crippen LogP contribution in [-0.2, 0) is 27.2 Å². The Morgan fingerprint density at radius 2 is 1.72 bits per heavy atom. The highest BCUT2D eigenvalue weighted by Gasteiger charge is 2.25. The molecule has 3 rings (SSSR count). The molecule has 1 heterocycles. The molecule has 0 saturated carbocycles. The van der Waals surface area contributed by atoms with Crippen LogP contribution < -0.4 is 5.32 Å². The summed E-state index contributed by atoms with van der Waals surface area (Å²) in [6.07, 6.45) is 1.50. The van der Waals surface area contributed by atoms with Gasteiger partial charge in [0.1, 0.15) is 17.3 Å². The Balaban J connectivity index is 1.66. The lowest BCUT2D eigenvalue weighted by molar-refractivity contribution is -0.143. The molecule has 1 atom stereocenters. The Bertz CT molecular complexity index is 1040. The number of hydrogen-bond donors (Lipinski definition) is 1. The van der Waals surface area contributed by atoms with Crippen LogP contribution in [0.3, 0.4) is 0 Å². The first kappa shape index (κ1) is 23.0. The first-order chi connectivity index (χ1) is 15.2. The van der Waals surface area contributed by atoms with Crippen LogP contribution in [0.2, 0.25) is 0 Å². The maximum absolute atomic E-state index is 12.1. The van der Waals surface area contributed by atoms with Gasteiger partial charge in [0, 0.05) is 12.0 Å². The van der Waals surface area contributed by atoms with Crippen molar-refractivity contribution in [2.75, 3.05) is 7.11 Å². The number of carbonyl (C=O) groups is 2. The number of hydrogen-bond acceptors (Lipinski definition) is 6. The fourth-order valence-corrected chi connectivity index (χ4v) is 3.11. The molecule has 32 heavy (non-hydrogen) atoms. The number of ether oxygens (including phenoxy) is 2. The van der Waals surface area contributed by atoms with E-state index in [1.165, 1.54) is 7.11 Å². The number of alkyl carbamates (subject to hydrolysis) is 1. The Hall–Kier alpha value is -3.68. The molecule has 0 saturated heterocycles. The smallest absolute Gasteiger partial charge is 0.408 e. The highest BCUT2D eigenvalue weighted by atomic mass is 16.6. The molecule has 0 radical (unpaired) electrons. The zero-order valence-electron chi connectivity index (χ0n) is 18.7. The SMILES string of the molecule is COC(=O)[C@H](Cc1ccc(-c2cn(Cc3ccccc3)nn2)cc1)NC(=O)OC(C)(C)C. The Morgan fingerprint density at radius 3 is 2.34 bits per heavy atom. The Labute approximate surface area is 187 Å². The number of benzene rings is 2. The molecule has 0 bridgehead atoms. The predicted molar refractivity (Wildman–Crippen MR) is 120 cm³/mol. The fraction of sp³-hybridized carbons (Fsp3) is 0.333. The van der Waals surface area contributed by atoms with Gasteiger partial charge in [-0.3, -0.25) is 0 Å². The average Bonchev–Trinajstić information content (AvgIpc) is 3.21. The molecular weight excluding hydrogens is 408 g/mol. The van der Waals surface area contributed by atoms with Crippen molar-refractivity contribution >= 4 is 12.1 Å². The van der Waals surface area contributed by atoms with Crippen LogP contribution in [0, 0.1) is 0 Å². The molecule has 1 N–H and O–H groups in total. The van der Waals surface area contributed by atoms with E-state index in [1.807, 2.05) is 60.8 Å². The van der Waals surface area contributed by atoms with Gasteiger partial charge in [-0.05, 0) is 31.9 Å². The molecule has 0 unspecified atom stereocenters. The van der Waals surface area contributed by atoms with E-state index in [-0.39, 0.29) is 6.42 Å². The van der Waals surface area contributed by atoms with Gasteiger partial charge >= 0.3 is 12.1 Å². The van der Waals surface area contributed by atoms with Crippen molar-refractivity contribution < 1.29 is 19.1 Å². The standard InChI is InChI=1S/C24H28N4O4/c1-24(2,3)32-23(30)25-20(22(29)31-4)14-17-10-12-19(13-11-17)21-16-28(27-26-21)15-18-8-6-5-7-9-18/h5-13,16,20H,14-15H2,1-4H3,(H,25,30)/t20-/m0/s1. The van der Waals surface area contributed by atoms with Crippen LogP contribution in [0.25, 0.3) is 11.3 Å². The number of amides is 1. The van der Waals surface area contributed by atoms with Crippen LogP contribution >= 0.6 is 0 Å². The van der Waals surface area contributed by atoms with E-state index in [2.05, 4.69) is 15.6 Å². The van der Waals surface area contributed by atoms with Gasteiger partial charge in [0.05, 0.1) is 19.9 Å². The van der Waals surface area contributed by atoms with E-state index in [1.54, 1.807) is 25.5 Å². The largest absolute Gasteiger partial charge is 0.467 e. The first-order valence-electron chi connectivity index (χ1n) is 10.3. The van der Waals surface area contributed by atoms with E-state index < -0.39 is 23.7 Å². The summed E-state index contributed by atoms with van der Waals surface area (Å²) in [6, 6.07) is 16.8. The predicted octanol–water partition coefficient (Wildman–Crippen LogP) is 3.60. The van der Waals surface area contributed by atoms with E-state index in [4.69, 9.17) is 9.47 Å². The second kappa shape index (κ2) is 10.1. The monoisotopic (exact) mass is 436 g/mol. The number of nitrogens with one attached hydrogen (secondary N) is 1. The molecule has 3 aromatic rings. The summed E-state index contributed by atoms with van der Waals surface area (Å²) in [7, 11) is 1.29. The van der Waals surface area contributed by atoms with Crippen molar-refractivity contribution in [3.05, 3.63) is 71.9 Å². The molecule has 168 valence electrons. The number of nitrogens with zero attached hydrogens (tertiary/aromatic N) is 3. The maximum Gasteiger partial charge on any atom is 0.408 e. The van der Waals surface area contributed by atoms with Gasteiger partial charge in [-0.15, -0.1) is 5.10 Å². The van der Waals surface area contributed by atoms with Crippen molar-refractivity contribution in [1.82, 2.24) is 20.3 Å². The maximum atomic E-state index is 12.1. The van der Waals surface area contributed by atoms with E-state index in [0.29, 0.717) is 6.54 Å². The number of esters is 1. The first-order valence-corrected chi connectivity index (χ1v) is 10.3. The molecule has 2 aromatic carbocycles. The minimum Gasteiger partial charge on any atom is -0.467 e. The molecule has 1 aromatic heterocycles. The molecular formula is C24H28N4O4. The highest BCUT2D eigenvalue weighted by Crippen LogP contribution is 2.18. The summed E-state index contributed by atoms with van der Waals surface area (Å²) in [5.74, 6) is -0.538. The summed E-state index contributed by atoms with van der Waals surface area (Å²) < 4.78 is 11.9. The third-order valence-corrected chi connectivity index (χ3v) is 4.59. The topological polar surface area (TPSA) is 95.3 Å². The number of carbonyl (C=O) groups excluding carboxylic acids is 2. The van der Waals surface area contributed by atoms with Crippen molar-refractivity contribution in [2.45, 2.75) is 45.4 Å². The van der Waals surface area contributed by atoms with Gasteiger partial charge in [0.2, 0.25) is 0 Å². The fourth-order valence-electron chi connectivity index (χ4n) is 3.11. The van der Waals surface area contributed by atoms with Crippen LogP contribution in [0.4, 0.5) is 4.79 Å². The molecule has 8 heteroatoms.